The van der Waals surface area contributed by atoms with Gasteiger partial charge < -0.3 is 15.1 Å². The minimum Gasteiger partial charge on any atom is -0.338 e. The van der Waals surface area contributed by atoms with Crippen LogP contribution in [0.25, 0.3) is 0 Å². The van der Waals surface area contributed by atoms with Crippen LogP contribution < -0.4 is 10.2 Å². The Hall–Kier alpha value is -1.90. The molecule has 2 rings (SSSR count). The van der Waals surface area contributed by atoms with Crippen molar-refractivity contribution in [2.45, 2.75) is 12.6 Å². The van der Waals surface area contributed by atoms with E-state index in [1.807, 2.05) is 11.9 Å². The smallest absolute Gasteiger partial charge is 0.338 e. The molecule has 0 saturated carbocycles. The molecule has 0 aliphatic carbocycles. The van der Waals surface area contributed by atoms with E-state index in [2.05, 4.69) is 20.2 Å². The van der Waals surface area contributed by atoms with Crippen LogP contribution in [0, 0.1) is 0 Å². The minimum absolute atomic E-state index is 0.155. The van der Waals surface area contributed by atoms with Crippen molar-refractivity contribution in [3.05, 3.63) is 12.4 Å². The summed E-state index contributed by atoms with van der Waals surface area (Å²) in [6, 6.07) is 0. The maximum absolute atomic E-state index is 12.0. The third kappa shape index (κ3) is 4.85. The minimum atomic E-state index is -4.52. The second-order valence-corrected chi connectivity index (χ2v) is 4.90. The van der Waals surface area contributed by atoms with Crippen LogP contribution in [-0.2, 0) is 4.79 Å². The van der Waals surface area contributed by atoms with Gasteiger partial charge in [0.25, 0.3) is 0 Å². The van der Waals surface area contributed by atoms with Crippen molar-refractivity contribution in [2.24, 2.45) is 0 Å². The number of halogens is 3. The second kappa shape index (κ2) is 6.25. The fourth-order valence-corrected chi connectivity index (χ4v) is 1.94. The SMILES string of the molecule is CN1CCN(c2ncc(NC(=O)CC(F)(F)F)cn2)CC1. The second-order valence-electron chi connectivity index (χ2n) is 4.90. The summed E-state index contributed by atoms with van der Waals surface area (Å²) in [4.78, 5) is 23.5. The molecule has 1 aliphatic heterocycles. The summed E-state index contributed by atoms with van der Waals surface area (Å²) in [5.74, 6) is -0.615. The molecular formula is C12H16F3N5O. The Morgan fingerprint density at radius 2 is 1.81 bits per heavy atom. The van der Waals surface area contributed by atoms with Crippen molar-refractivity contribution in [3.8, 4) is 0 Å². The van der Waals surface area contributed by atoms with Crippen molar-refractivity contribution in [3.63, 3.8) is 0 Å². The van der Waals surface area contributed by atoms with Crippen molar-refractivity contribution in [2.75, 3.05) is 43.4 Å². The lowest BCUT2D eigenvalue weighted by molar-refractivity contribution is -0.150. The van der Waals surface area contributed by atoms with E-state index in [1.165, 1.54) is 12.4 Å². The van der Waals surface area contributed by atoms with E-state index in [-0.39, 0.29) is 5.69 Å². The van der Waals surface area contributed by atoms with Gasteiger partial charge >= 0.3 is 6.18 Å². The highest BCUT2D eigenvalue weighted by Gasteiger charge is 2.31. The predicted molar refractivity (Wildman–Crippen MR) is 71.0 cm³/mol. The standard InChI is InChI=1S/C12H16F3N5O/c1-19-2-4-20(5-3-19)11-16-7-9(8-17-11)18-10(21)6-12(13,14)15/h7-8H,2-6H2,1H3,(H,18,21). The molecule has 1 aromatic rings. The first kappa shape index (κ1) is 15.5. The molecular weight excluding hydrogens is 287 g/mol. The van der Waals surface area contributed by atoms with E-state index < -0.39 is 18.5 Å². The highest BCUT2D eigenvalue weighted by Crippen LogP contribution is 2.20. The van der Waals surface area contributed by atoms with Crippen LogP contribution in [0.3, 0.4) is 0 Å². The Morgan fingerprint density at radius 1 is 1.24 bits per heavy atom. The fourth-order valence-electron chi connectivity index (χ4n) is 1.94. The van der Waals surface area contributed by atoms with Crippen LogP contribution in [0.15, 0.2) is 12.4 Å². The quantitative estimate of drug-likeness (QED) is 0.906. The van der Waals surface area contributed by atoms with E-state index in [9.17, 15) is 18.0 Å². The molecule has 116 valence electrons. The van der Waals surface area contributed by atoms with Gasteiger partial charge in [-0.25, -0.2) is 9.97 Å². The van der Waals surface area contributed by atoms with Gasteiger partial charge in [0.2, 0.25) is 11.9 Å². The Balaban J connectivity index is 1.91. The average Bonchev–Trinajstić information content (AvgIpc) is 2.38. The topological polar surface area (TPSA) is 61.4 Å². The van der Waals surface area contributed by atoms with Gasteiger partial charge in [-0.2, -0.15) is 13.2 Å². The largest absolute Gasteiger partial charge is 0.397 e. The zero-order valence-corrected chi connectivity index (χ0v) is 11.5. The highest BCUT2D eigenvalue weighted by atomic mass is 19.4. The molecule has 1 saturated heterocycles. The van der Waals surface area contributed by atoms with Crippen molar-refractivity contribution in [1.29, 1.82) is 0 Å². The van der Waals surface area contributed by atoms with Gasteiger partial charge in [-0.1, -0.05) is 0 Å². The van der Waals surface area contributed by atoms with Crippen LogP contribution in [0.2, 0.25) is 0 Å². The summed E-state index contributed by atoms with van der Waals surface area (Å²) in [6.07, 6.45) is -3.41. The lowest BCUT2D eigenvalue weighted by Crippen LogP contribution is -2.45. The summed E-state index contributed by atoms with van der Waals surface area (Å²) in [5.41, 5.74) is 0.155. The summed E-state index contributed by atoms with van der Waals surface area (Å²) >= 11 is 0. The molecule has 0 spiro atoms. The number of nitrogens with one attached hydrogen (secondary N) is 1. The lowest BCUT2D eigenvalue weighted by Gasteiger charge is -2.32. The van der Waals surface area contributed by atoms with Gasteiger partial charge in [0.1, 0.15) is 6.42 Å². The van der Waals surface area contributed by atoms with Crippen LogP contribution in [0.4, 0.5) is 24.8 Å². The number of carbonyl (C=O) groups excluding carboxylic acids is 1. The number of nitrogens with zero attached hydrogens (tertiary/aromatic N) is 4. The van der Waals surface area contributed by atoms with E-state index in [0.29, 0.717) is 5.95 Å². The summed E-state index contributed by atoms with van der Waals surface area (Å²) in [7, 11) is 2.03. The van der Waals surface area contributed by atoms with Crippen molar-refractivity contribution >= 4 is 17.5 Å². The molecule has 1 N–H and O–H groups in total. The van der Waals surface area contributed by atoms with Crippen LogP contribution >= 0.6 is 0 Å². The van der Waals surface area contributed by atoms with Crippen LogP contribution in [0.1, 0.15) is 6.42 Å². The van der Waals surface area contributed by atoms with Crippen LogP contribution in [0.5, 0.6) is 0 Å². The third-order valence-electron chi connectivity index (χ3n) is 3.07. The van der Waals surface area contributed by atoms with E-state index in [4.69, 9.17) is 0 Å². The Labute approximate surface area is 120 Å². The first-order chi connectivity index (χ1) is 9.83. The van der Waals surface area contributed by atoms with Gasteiger partial charge in [-0.3, -0.25) is 4.79 Å². The van der Waals surface area contributed by atoms with Crippen molar-refractivity contribution in [1.82, 2.24) is 14.9 Å². The number of alkyl halides is 3. The molecule has 1 aliphatic rings. The van der Waals surface area contributed by atoms with E-state index in [1.54, 1.807) is 0 Å². The van der Waals surface area contributed by atoms with Gasteiger partial charge in [0, 0.05) is 26.2 Å². The van der Waals surface area contributed by atoms with Gasteiger partial charge in [-0.05, 0) is 7.05 Å². The molecule has 0 atom stereocenters. The third-order valence-corrected chi connectivity index (χ3v) is 3.07. The number of hydrogen-bond donors (Lipinski definition) is 1. The molecule has 0 aromatic carbocycles. The molecule has 9 heteroatoms. The summed E-state index contributed by atoms with van der Waals surface area (Å²) in [6.45, 7) is 3.37. The Kier molecular flexibility index (Phi) is 4.61. The number of hydrogen-bond acceptors (Lipinski definition) is 5. The van der Waals surface area contributed by atoms with Gasteiger partial charge in [0.15, 0.2) is 0 Å². The van der Waals surface area contributed by atoms with Gasteiger partial charge in [0.05, 0.1) is 18.1 Å². The number of aromatic nitrogens is 2. The molecule has 0 unspecified atom stereocenters. The van der Waals surface area contributed by atoms with E-state index in [0.717, 1.165) is 26.2 Å². The molecule has 1 aromatic heterocycles. The Morgan fingerprint density at radius 3 is 2.33 bits per heavy atom. The van der Waals surface area contributed by atoms with Crippen LogP contribution in [-0.4, -0.2) is 60.2 Å². The predicted octanol–water partition coefficient (Wildman–Crippen LogP) is 1.12. The number of likely N-dealkylation sites (N-methyl/N-ethyl adjacent to an activating group) is 1. The average molecular weight is 303 g/mol. The van der Waals surface area contributed by atoms with Crippen molar-refractivity contribution < 1.29 is 18.0 Å². The summed E-state index contributed by atoms with van der Waals surface area (Å²) < 4.78 is 36.1. The maximum Gasteiger partial charge on any atom is 0.397 e. The molecule has 2 heterocycles. The van der Waals surface area contributed by atoms with E-state index >= 15 is 0 Å². The number of amides is 1. The summed E-state index contributed by atoms with van der Waals surface area (Å²) in [5, 5.41) is 2.12. The molecule has 1 fully saturated rings. The first-order valence-corrected chi connectivity index (χ1v) is 6.45. The number of anilines is 2. The van der Waals surface area contributed by atoms with Gasteiger partial charge in [-0.15, -0.1) is 0 Å². The first-order valence-electron chi connectivity index (χ1n) is 6.45. The number of carbonyl (C=O) groups is 1. The fraction of sp³-hybridized carbons (Fsp3) is 0.583. The monoisotopic (exact) mass is 303 g/mol. The Bertz CT molecular complexity index is 483. The normalized spacial score (nSPS) is 16.9. The maximum atomic E-state index is 12.0. The molecule has 0 bridgehead atoms. The lowest BCUT2D eigenvalue weighted by atomic mass is 10.3. The molecule has 0 radical (unpaired) electrons. The zero-order valence-electron chi connectivity index (χ0n) is 11.5. The molecule has 21 heavy (non-hydrogen) atoms. The number of piperazine rings is 1. The zero-order chi connectivity index (χ0) is 15.5. The molecule has 6 nitrogen and oxygen atoms in total. The number of rotatable bonds is 3. The highest BCUT2D eigenvalue weighted by molar-refractivity contribution is 5.90. The molecule has 1 amide bonds.